The second-order valence-corrected chi connectivity index (χ2v) is 5.41. The Morgan fingerprint density at radius 2 is 1.87 bits per heavy atom. The van der Waals surface area contributed by atoms with Crippen LogP contribution in [-0.2, 0) is 6.61 Å². The minimum Gasteiger partial charge on any atom is -0.489 e. The first-order chi connectivity index (χ1) is 11.4. The molecule has 4 heteroatoms. The maximum absolute atomic E-state index is 7.00. The molecule has 1 heterocycles. The molecule has 0 amide bonds. The van der Waals surface area contributed by atoms with Crippen LogP contribution in [0, 0.1) is 0 Å². The Morgan fingerprint density at radius 1 is 1.13 bits per heavy atom. The fourth-order valence-corrected chi connectivity index (χ4v) is 2.82. The molecular weight excluding hydrogens is 288 g/mol. The topological polar surface area (TPSA) is 53.5 Å². The standard InChI is InChI=1S/C18H22N2O.CH4O/c1-19-17-6-3-2-5-15(17)13-21-16-10-8-14(9-11-16)18-7-4-12-20-18;1-2/h2-3,5-6,8-11,18-20H,4,7,12-13H2,1H3;2H,1H3/t18-;/m0./s1. The van der Waals surface area contributed by atoms with E-state index in [1.165, 1.54) is 24.0 Å². The number of ether oxygens (including phenoxy) is 1. The second kappa shape index (κ2) is 9.18. The van der Waals surface area contributed by atoms with Gasteiger partial charge in [0.05, 0.1) is 0 Å². The van der Waals surface area contributed by atoms with E-state index < -0.39 is 0 Å². The zero-order valence-electron chi connectivity index (χ0n) is 13.9. The Labute approximate surface area is 138 Å². The number of hydrogen-bond donors (Lipinski definition) is 3. The van der Waals surface area contributed by atoms with E-state index in [9.17, 15) is 0 Å². The lowest BCUT2D eigenvalue weighted by atomic mass is 10.1. The summed E-state index contributed by atoms with van der Waals surface area (Å²) >= 11 is 0. The molecule has 0 saturated carbocycles. The molecule has 2 aromatic carbocycles. The van der Waals surface area contributed by atoms with Crippen molar-refractivity contribution in [1.29, 1.82) is 0 Å². The number of nitrogens with one attached hydrogen (secondary N) is 2. The number of para-hydroxylation sites is 1. The van der Waals surface area contributed by atoms with Crippen LogP contribution in [0.15, 0.2) is 48.5 Å². The molecule has 4 nitrogen and oxygen atoms in total. The molecule has 3 rings (SSSR count). The molecule has 0 radical (unpaired) electrons. The van der Waals surface area contributed by atoms with Gasteiger partial charge in [0.25, 0.3) is 0 Å². The van der Waals surface area contributed by atoms with Gasteiger partial charge in [-0.2, -0.15) is 0 Å². The minimum absolute atomic E-state index is 0.518. The molecular formula is C19H26N2O2. The SMILES string of the molecule is CNc1ccccc1COc1ccc([C@@H]2CCCN2)cc1.CO. The summed E-state index contributed by atoms with van der Waals surface area (Å²) in [6.45, 7) is 1.71. The number of anilines is 1. The lowest BCUT2D eigenvalue weighted by Crippen LogP contribution is -2.12. The first-order valence-corrected chi connectivity index (χ1v) is 8.03. The highest BCUT2D eigenvalue weighted by Gasteiger charge is 2.15. The highest BCUT2D eigenvalue weighted by molar-refractivity contribution is 5.50. The Morgan fingerprint density at radius 3 is 2.52 bits per heavy atom. The highest BCUT2D eigenvalue weighted by Crippen LogP contribution is 2.25. The number of rotatable bonds is 5. The highest BCUT2D eigenvalue weighted by atomic mass is 16.5. The summed E-state index contributed by atoms with van der Waals surface area (Å²) in [7, 11) is 2.93. The van der Waals surface area contributed by atoms with Crippen LogP contribution in [-0.4, -0.2) is 25.8 Å². The molecule has 3 N–H and O–H groups in total. The lowest BCUT2D eigenvalue weighted by Gasteiger charge is -2.13. The maximum atomic E-state index is 7.00. The zero-order chi connectivity index (χ0) is 16.5. The number of aliphatic hydroxyl groups excluding tert-OH is 1. The Kier molecular flexibility index (Phi) is 6.91. The summed E-state index contributed by atoms with van der Waals surface area (Å²) in [5.41, 5.74) is 3.64. The molecule has 1 aliphatic rings. The predicted molar refractivity (Wildman–Crippen MR) is 94.9 cm³/mol. The Balaban J connectivity index is 0.000000924. The molecule has 0 bridgehead atoms. The van der Waals surface area contributed by atoms with Crippen LogP contribution in [0.2, 0.25) is 0 Å². The second-order valence-electron chi connectivity index (χ2n) is 5.41. The fraction of sp³-hybridized carbons (Fsp3) is 0.368. The Hall–Kier alpha value is -2.04. The molecule has 1 saturated heterocycles. The monoisotopic (exact) mass is 314 g/mol. The van der Waals surface area contributed by atoms with Crippen molar-refractivity contribution in [1.82, 2.24) is 5.32 Å². The smallest absolute Gasteiger partial charge is 0.119 e. The predicted octanol–water partition coefficient (Wildman–Crippen LogP) is 3.34. The normalized spacial score (nSPS) is 16.4. The van der Waals surface area contributed by atoms with Crippen LogP contribution >= 0.6 is 0 Å². The lowest BCUT2D eigenvalue weighted by molar-refractivity contribution is 0.306. The van der Waals surface area contributed by atoms with E-state index >= 15 is 0 Å². The van der Waals surface area contributed by atoms with Gasteiger partial charge in [-0.25, -0.2) is 0 Å². The van der Waals surface area contributed by atoms with Crippen molar-refractivity contribution in [2.45, 2.75) is 25.5 Å². The van der Waals surface area contributed by atoms with Crippen LogP contribution in [0.4, 0.5) is 5.69 Å². The first-order valence-electron chi connectivity index (χ1n) is 8.03. The van der Waals surface area contributed by atoms with E-state index in [2.05, 4.69) is 47.0 Å². The van der Waals surface area contributed by atoms with E-state index in [-0.39, 0.29) is 0 Å². The minimum atomic E-state index is 0.518. The summed E-state index contributed by atoms with van der Waals surface area (Å²) in [6.07, 6.45) is 2.50. The van der Waals surface area contributed by atoms with E-state index in [0.29, 0.717) is 12.6 Å². The molecule has 124 valence electrons. The van der Waals surface area contributed by atoms with Crippen LogP contribution < -0.4 is 15.4 Å². The average molecular weight is 314 g/mol. The van der Waals surface area contributed by atoms with Crippen LogP contribution in [0.25, 0.3) is 0 Å². The van der Waals surface area contributed by atoms with Crippen LogP contribution in [0.3, 0.4) is 0 Å². The van der Waals surface area contributed by atoms with Gasteiger partial charge in [0.1, 0.15) is 12.4 Å². The molecule has 1 fully saturated rings. The molecule has 23 heavy (non-hydrogen) atoms. The van der Waals surface area contributed by atoms with Gasteiger partial charge < -0.3 is 20.5 Å². The van der Waals surface area contributed by atoms with Gasteiger partial charge in [-0.3, -0.25) is 0 Å². The van der Waals surface area contributed by atoms with E-state index in [4.69, 9.17) is 9.84 Å². The third-order valence-corrected chi connectivity index (χ3v) is 4.02. The van der Waals surface area contributed by atoms with E-state index in [1.54, 1.807) is 0 Å². The third kappa shape index (κ3) is 4.71. The summed E-state index contributed by atoms with van der Waals surface area (Å²) < 4.78 is 5.89. The molecule has 0 unspecified atom stereocenters. The summed E-state index contributed by atoms with van der Waals surface area (Å²) in [5, 5.41) is 13.7. The van der Waals surface area contributed by atoms with Gasteiger partial charge >= 0.3 is 0 Å². The van der Waals surface area contributed by atoms with Crippen molar-refractivity contribution in [3.05, 3.63) is 59.7 Å². The first kappa shape index (κ1) is 17.3. The zero-order valence-corrected chi connectivity index (χ0v) is 13.9. The van der Waals surface area contributed by atoms with Gasteiger partial charge in [0.15, 0.2) is 0 Å². The number of benzene rings is 2. The van der Waals surface area contributed by atoms with Crippen LogP contribution in [0.1, 0.15) is 30.0 Å². The summed E-state index contributed by atoms with van der Waals surface area (Å²) in [5.74, 6) is 0.919. The van der Waals surface area contributed by atoms with Gasteiger partial charge in [-0.05, 0) is 43.1 Å². The average Bonchev–Trinajstić information content (AvgIpc) is 3.17. The molecule has 0 aliphatic carbocycles. The Bertz CT molecular complexity index is 578. The summed E-state index contributed by atoms with van der Waals surface area (Å²) in [6, 6.07) is 17.2. The number of hydrogen-bond acceptors (Lipinski definition) is 4. The van der Waals surface area contributed by atoms with Gasteiger partial charge in [0.2, 0.25) is 0 Å². The number of aliphatic hydroxyl groups is 1. The molecule has 0 aromatic heterocycles. The maximum Gasteiger partial charge on any atom is 0.119 e. The molecule has 2 aromatic rings. The van der Waals surface area contributed by atoms with E-state index in [1.807, 2.05) is 19.2 Å². The third-order valence-electron chi connectivity index (χ3n) is 4.02. The van der Waals surface area contributed by atoms with Crippen molar-refractivity contribution >= 4 is 5.69 Å². The molecule has 1 atom stereocenters. The van der Waals surface area contributed by atoms with Crippen molar-refractivity contribution in [2.24, 2.45) is 0 Å². The van der Waals surface area contributed by atoms with Crippen molar-refractivity contribution in [2.75, 3.05) is 26.0 Å². The van der Waals surface area contributed by atoms with Gasteiger partial charge in [-0.1, -0.05) is 30.3 Å². The quantitative estimate of drug-likeness (QED) is 0.792. The molecule has 1 aliphatic heterocycles. The van der Waals surface area contributed by atoms with Crippen molar-refractivity contribution in [3.8, 4) is 5.75 Å². The van der Waals surface area contributed by atoms with E-state index in [0.717, 1.165) is 25.1 Å². The largest absolute Gasteiger partial charge is 0.489 e. The summed E-state index contributed by atoms with van der Waals surface area (Å²) in [4.78, 5) is 0. The van der Waals surface area contributed by atoms with Crippen molar-refractivity contribution in [3.63, 3.8) is 0 Å². The van der Waals surface area contributed by atoms with Crippen molar-refractivity contribution < 1.29 is 9.84 Å². The fourth-order valence-electron chi connectivity index (χ4n) is 2.82. The van der Waals surface area contributed by atoms with Gasteiger partial charge in [0, 0.05) is 31.5 Å². The van der Waals surface area contributed by atoms with Gasteiger partial charge in [-0.15, -0.1) is 0 Å². The molecule has 0 spiro atoms. The van der Waals surface area contributed by atoms with Crippen LogP contribution in [0.5, 0.6) is 5.75 Å².